The van der Waals surface area contributed by atoms with Crippen molar-refractivity contribution < 1.29 is 4.74 Å². The lowest BCUT2D eigenvalue weighted by atomic mass is 10.0. The highest BCUT2D eigenvalue weighted by molar-refractivity contribution is 9.11. The molecule has 0 atom stereocenters. The first kappa shape index (κ1) is 10.5. The lowest BCUT2D eigenvalue weighted by Crippen LogP contribution is -2.19. The van der Waals surface area contributed by atoms with E-state index in [1.807, 2.05) is 12.1 Å². The van der Waals surface area contributed by atoms with E-state index in [9.17, 15) is 0 Å². The van der Waals surface area contributed by atoms with Crippen LogP contribution in [-0.2, 0) is 5.54 Å². The molecule has 0 radical (unpaired) electrons. The quantitative estimate of drug-likeness (QED) is 0.908. The second-order valence-corrected chi connectivity index (χ2v) is 5.39. The van der Waals surface area contributed by atoms with Gasteiger partial charge in [0.1, 0.15) is 5.75 Å². The zero-order valence-corrected chi connectivity index (χ0v) is 11.0. The number of hydrogen-bond donors (Lipinski definition) is 1. The van der Waals surface area contributed by atoms with Crippen molar-refractivity contribution in [2.24, 2.45) is 5.73 Å². The van der Waals surface area contributed by atoms with Crippen molar-refractivity contribution in [3.8, 4) is 5.75 Å². The van der Waals surface area contributed by atoms with Crippen LogP contribution in [0.1, 0.15) is 18.4 Å². The van der Waals surface area contributed by atoms with Crippen LogP contribution in [-0.4, -0.2) is 7.11 Å². The maximum absolute atomic E-state index is 6.16. The summed E-state index contributed by atoms with van der Waals surface area (Å²) in [5.74, 6) is 0.855. The molecule has 0 heterocycles. The summed E-state index contributed by atoms with van der Waals surface area (Å²) in [5.41, 5.74) is 7.08. The first-order valence-corrected chi connectivity index (χ1v) is 5.98. The van der Waals surface area contributed by atoms with Gasteiger partial charge in [-0.25, -0.2) is 0 Å². The minimum absolute atomic E-state index is 0.169. The van der Waals surface area contributed by atoms with Gasteiger partial charge in [-0.05, 0) is 40.9 Å². The van der Waals surface area contributed by atoms with E-state index in [1.54, 1.807) is 7.11 Å². The highest BCUT2D eigenvalue weighted by Gasteiger charge is 2.42. The lowest BCUT2D eigenvalue weighted by molar-refractivity contribution is 0.401. The van der Waals surface area contributed by atoms with Crippen molar-refractivity contribution in [3.63, 3.8) is 0 Å². The molecule has 0 spiro atoms. The third kappa shape index (κ3) is 1.71. The summed E-state index contributed by atoms with van der Waals surface area (Å²) in [6, 6.07) is 4.00. The van der Waals surface area contributed by atoms with Gasteiger partial charge in [0.15, 0.2) is 0 Å². The summed E-state index contributed by atoms with van der Waals surface area (Å²) in [7, 11) is 1.67. The Labute approximate surface area is 100 Å². The first-order valence-electron chi connectivity index (χ1n) is 4.39. The summed E-state index contributed by atoms with van der Waals surface area (Å²) >= 11 is 6.92. The van der Waals surface area contributed by atoms with Crippen LogP contribution in [0, 0.1) is 0 Å². The van der Waals surface area contributed by atoms with Crippen molar-refractivity contribution in [2.75, 3.05) is 7.11 Å². The number of hydrogen-bond acceptors (Lipinski definition) is 2. The highest BCUT2D eigenvalue weighted by Crippen LogP contribution is 2.49. The molecule has 1 aliphatic carbocycles. The molecule has 76 valence electrons. The van der Waals surface area contributed by atoms with Gasteiger partial charge in [0.2, 0.25) is 0 Å². The minimum Gasteiger partial charge on any atom is -0.495 e. The van der Waals surface area contributed by atoms with E-state index in [1.165, 1.54) is 0 Å². The highest BCUT2D eigenvalue weighted by atomic mass is 79.9. The second kappa shape index (κ2) is 3.51. The number of benzene rings is 1. The van der Waals surface area contributed by atoms with Gasteiger partial charge < -0.3 is 10.5 Å². The number of rotatable bonds is 2. The Bertz CT molecular complexity index is 375. The summed E-state index contributed by atoms with van der Waals surface area (Å²) < 4.78 is 7.32. The van der Waals surface area contributed by atoms with Crippen LogP contribution in [0.2, 0.25) is 0 Å². The monoisotopic (exact) mass is 319 g/mol. The Hall–Kier alpha value is -0.0600. The van der Waals surface area contributed by atoms with Gasteiger partial charge in [-0.2, -0.15) is 0 Å². The summed E-state index contributed by atoms with van der Waals surface area (Å²) in [5, 5.41) is 0. The van der Waals surface area contributed by atoms with Crippen LogP contribution in [0.15, 0.2) is 21.1 Å². The molecule has 0 unspecified atom stereocenters. The van der Waals surface area contributed by atoms with Crippen molar-refractivity contribution in [3.05, 3.63) is 26.6 Å². The molecule has 1 fully saturated rings. The van der Waals surface area contributed by atoms with Crippen LogP contribution >= 0.6 is 31.9 Å². The summed E-state index contributed by atoms with van der Waals surface area (Å²) in [6.45, 7) is 0. The van der Waals surface area contributed by atoms with Gasteiger partial charge in [0.25, 0.3) is 0 Å². The van der Waals surface area contributed by atoms with Gasteiger partial charge in [-0.1, -0.05) is 15.9 Å². The fraction of sp³-hybridized carbons (Fsp3) is 0.400. The molecule has 2 nitrogen and oxygen atoms in total. The number of nitrogens with two attached hydrogens (primary N) is 1. The minimum atomic E-state index is -0.169. The van der Waals surface area contributed by atoms with Crippen LogP contribution in [0.3, 0.4) is 0 Å². The molecule has 0 amide bonds. The van der Waals surface area contributed by atoms with Crippen LogP contribution < -0.4 is 10.5 Å². The molecule has 0 bridgehead atoms. The fourth-order valence-corrected chi connectivity index (χ4v) is 2.93. The molecule has 14 heavy (non-hydrogen) atoms. The van der Waals surface area contributed by atoms with Gasteiger partial charge in [0.05, 0.1) is 11.6 Å². The molecular formula is C10H11Br2NO. The van der Waals surface area contributed by atoms with E-state index in [2.05, 4.69) is 31.9 Å². The van der Waals surface area contributed by atoms with Gasteiger partial charge in [-0.15, -0.1) is 0 Å². The van der Waals surface area contributed by atoms with Gasteiger partial charge in [-0.3, -0.25) is 0 Å². The smallest absolute Gasteiger partial charge is 0.138 e. The number of methoxy groups -OCH3 is 1. The number of ether oxygens (including phenoxy) is 1. The average Bonchev–Trinajstić information content (AvgIpc) is 2.84. The maximum atomic E-state index is 6.16. The fourth-order valence-electron chi connectivity index (χ4n) is 1.54. The van der Waals surface area contributed by atoms with Crippen LogP contribution in [0.5, 0.6) is 5.75 Å². The molecule has 0 saturated heterocycles. The average molecular weight is 321 g/mol. The van der Waals surface area contributed by atoms with Crippen molar-refractivity contribution in [1.29, 1.82) is 0 Å². The summed E-state index contributed by atoms with van der Waals surface area (Å²) in [6.07, 6.45) is 2.07. The zero-order valence-electron chi connectivity index (χ0n) is 7.81. The SMILES string of the molecule is COc1c(Br)cc(Br)cc1C1(N)CC1. The molecule has 0 aromatic heterocycles. The van der Waals surface area contributed by atoms with Gasteiger partial charge in [0, 0.05) is 15.6 Å². The standard InChI is InChI=1S/C10H11Br2NO/c1-14-9-7(10(13)2-3-10)4-6(11)5-8(9)12/h4-5H,2-3,13H2,1H3. The van der Waals surface area contributed by atoms with Crippen LogP contribution in [0.4, 0.5) is 0 Å². The first-order chi connectivity index (χ1) is 6.57. The Kier molecular flexibility index (Phi) is 2.62. The molecule has 2 rings (SSSR count). The van der Waals surface area contributed by atoms with Crippen molar-refractivity contribution >= 4 is 31.9 Å². The topological polar surface area (TPSA) is 35.2 Å². The molecule has 1 saturated carbocycles. The second-order valence-electron chi connectivity index (χ2n) is 3.62. The van der Waals surface area contributed by atoms with E-state index in [0.29, 0.717) is 0 Å². The third-order valence-corrected chi connectivity index (χ3v) is 3.58. The Balaban J connectivity index is 2.56. The summed E-state index contributed by atoms with van der Waals surface area (Å²) in [4.78, 5) is 0. The lowest BCUT2D eigenvalue weighted by Gasteiger charge is -2.16. The predicted molar refractivity (Wildman–Crippen MR) is 63.5 cm³/mol. The largest absolute Gasteiger partial charge is 0.495 e. The molecule has 0 aliphatic heterocycles. The molecule has 1 aliphatic rings. The number of halogens is 2. The van der Waals surface area contributed by atoms with Crippen molar-refractivity contribution in [1.82, 2.24) is 0 Å². The molecule has 1 aromatic rings. The Morgan fingerprint density at radius 2 is 2.00 bits per heavy atom. The van der Waals surface area contributed by atoms with E-state index >= 15 is 0 Å². The van der Waals surface area contributed by atoms with E-state index < -0.39 is 0 Å². The normalized spacial score (nSPS) is 18.0. The van der Waals surface area contributed by atoms with E-state index in [4.69, 9.17) is 10.5 Å². The van der Waals surface area contributed by atoms with E-state index in [-0.39, 0.29) is 5.54 Å². The van der Waals surface area contributed by atoms with Crippen LogP contribution in [0.25, 0.3) is 0 Å². The molecule has 1 aromatic carbocycles. The maximum Gasteiger partial charge on any atom is 0.138 e. The third-order valence-electron chi connectivity index (χ3n) is 2.54. The Morgan fingerprint density at radius 1 is 1.36 bits per heavy atom. The Morgan fingerprint density at radius 3 is 2.50 bits per heavy atom. The van der Waals surface area contributed by atoms with Crippen molar-refractivity contribution in [2.45, 2.75) is 18.4 Å². The molecule has 2 N–H and O–H groups in total. The van der Waals surface area contributed by atoms with E-state index in [0.717, 1.165) is 33.1 Å². The molecule has 4 heteroatoms. The van der Waals surface area contributed by atoms with Gasteiger partial charge >= 0.3 is 0 Å². The zero-order chi connectivity index (χ0) is 10.3. The molecular weight excluding hydrogens is 310 g/mol. The predicted octanol–water partition coefficient (Wildman–Crippen LogP) is 3.17.